The van der Waals surface area contributed by atoms with Crippen molar-refractivity contribution in [1.29, 1.82) is 0 Å². The Balaban J connectivity index is 2.10. The second kappa shape index (κ2) is 6.51. The van der Waals surface area contributed by atoms with Crippen LogP contribution in [0.2, 0.25) is 0 Å². The maximum absolute atomic E-state index is 12.5. The van der Waals surface area contributed by atoms with Crippen molar-refractivity contribution in [1.82, 2.24) is 14.9 Å². The van der Waals surface area contributed by atoms with E-state index in [1.165, 1.54) is 13.1 Å². The average molecular weight is 330 g/mol. The van der Waals surface area contributed by atoms with Gasteiger partial charge in [0.25, 0.3) is 0 Å². The van der Waals surface area contributed by atoms with Crippen LogP contribution in [0.15, 0.2) is 6.20 Å². The van der Waals surface area contributed by atoms with E-state index in [1.807, 2.05) is 0 Å². The molecule has 1 amide bonds. The molecule has 6 nitrogen and oxygen atoms in total. The maximum atomic E-state index is 12.5. The summed E-state index contributed by atoms with van der Waals surface area (Å²) in [5.41, 5.74) is 0.937. The molecule has 1 saturated heterocycles. The first-order chi connectivity index (χ1) is 10.7. The van der Waals surface area contributed by atoms with Crippen molar-refractivity contribution in [2.75, 3.05) is 31.1 Å². The van der Waals surface area contributed by atoms with Crippen LogP contribution in [-0.2, 0) is 4.79 Å². The normalized spacial score (nSPS) is 16.2. The highest BCUT2D eigenvalue weighted by molar-refractivity contribution is 5.94. The van der Waals surface area contributed by atoms with Gasteiger partial charge in [-0.1, -0.05) is 0 Å². The quantitative estimate of drug-likeness (QED) is 0.771. The fourth-order valence-corrected chi connectivity index (χ4v) is 2.45. The minimum atomic E-state index is -4.86. The van der Waals surface area contributed by atoms with Crippen LogP contribution < -0.4 is 4.90 Å². The van der Waals surface area contributed by atoms with Gasteiger partial charge in [0, 0.05) is 32.4 Å². The number of hydrogen-bond acceptors (Lipinski definition) is 5. The number of carbonyl (C=O) groups is 2. The van der Waals surface area contributed by atoms with Gasteiger partial charge in [-0.05, 0) is 20.3 Å². The molecular formula is C14H17F3N4O2. The van der Waals surface area contributed by atoms with Gasteiger partial charge in [0.05, 0.1) is 11.3 Å². The molecular weight excluding hydrogens is 313 g/mol. The van der Waals surface area contributed by atoms with Gasteiger partial charge < -0.3 is 9.80 Å². The molecule has 0 spiro atoms. The molecule has 0 aromatic carbocycles. The molecule has 2 heterocycles. The van der Waals surface area contributed by atoms with Crippen molar-refractivity contribution in [3.05, 3.63) is 17.5 Å². The van der Waals surface area contributed by atoms with Gasteiger partial charge in [0.15, 0.2) is 5.78 Å². The number of hydrogen-bond donors (Lipinski definition) is 0. The number of aromatic nitrogens is 2. The predicted molar refractivity (Wildman–Crippen MR) is 76.2 cm³/mol. The SMILES string of the molecule is CC(=O)c1cnc(N2CCCN(C(=O)C(F)(F)F)CC2)nc1C. The molecule has 126 valence electrons. The lowest BCUT2D eigenvalue weighted by molar-refractivity contribution is -0.185. The van der Waals surface area contributed by atoms with Crippen LogP contribution in [-0.4, -0.2) is 58.9 Å². The van der Waals surface area contributed by atoms with E-state index >= 15 is 0 Å². The summed E-state index contributed by atoms with van der Waals surface area (Å²) in [4.78, 5) is 33.6. The van der Waals surface area contributed by atoms with Gasteiger partial charge in [-0.25, -0.2) is 9.97 Å². The molecule has 2 rings (SSSR count). The number of alkyl halides is 3. The summed E-state index contributed by atoms with van der Waals surface area (Å²) in [6.07, 6.45) is -3.05. The molecule has 0 saturated carbocycles. The molecule has 1 aromatic heterocycles. The summed E-state index contributed by atoms with van der Waals surface area (Å²) in [5, 5.41) is 0. The Bertz CT molecular complexity index is 619. The Labute approximate surface area is 131 Å². The van der Waals surface area contributed by atoms with Crippen molar-refractivity contribution < 1.29 is 22.8 Å². The predicted octanol–water partition coefficient (Wildman–Crippen LogP) is 1.59. The van der Waals surface area contributed by atoms with E-state index in [0.717, 1.165) is 4.90 Å². The van der Waals surface area contributed by atoms with Gasteiger partial charge in [-0.3, -0.25) is 9.59 Å². The lowest BCUT2D eigenvalue weighted by Crippen LogP contribution is -2.43. The molecule has 0 bridgehead atoms. The molecule has 0 N–H and O–H groups in total. The minimum absolute atomic E-state index is 0.0410. The van der Waals surface area contributed by atoms with Gasteiger partial charge in [-0.15, -0.1) is 0 Å². The monoisotopic (exact) mass is 330 g/mol. The molecule has 23 heavy (non-hydrogen) atoms. The number of amides is 1. The third kappa shape index (κ3) is 3.96. The highest BCUT2D eigenvalue weighted by atomic mass is 19.4. The van der Waals surface area contributed by atoms with Crippen LogP contribution in [0.5, 0.6) is 0 Å². The molecule has 1 fully saturated rings. The fourth-order valence-electron chi connectivity index (χ4n) is 2.45. The zero-order valence-electron chi connectivity index (χ0n) is 12.9. The van der Waals surface area contributed by atoms with E-state index in [2.05, 4.69) is 9.97 Å². The summed E-state index contributed by atoms with van der Waals surface area (Å²) in [6.45, 7) is 3.74. The smallest absolute Gasteiger partial charge is 0.339 e. The molecule has 0 radical (unpaired) electrons. The van der Waals surface area contributed by atoms with Crippen molar-refractivity contribution in [2.24, 2.45) is 0 Å². The summed E-state index contributed by atoms with van der Waals surface area (Å²) in [6, 6.07) is 0. The Kier molecular flexibility index (Phi) is 4.86. The van der Waals surface area contributed by atoms with Crippen LogP contribution >= 0.6 is 0 Å². The molecule has 1 aliphatic heterocycles. The van der Waals surface area contributed by atoms with Crippen molar-refractivity contribution in [3.8, 4) is 0 Å². The first kappa shape index (κ1) is 17.2. The largest absolute Gasteiger partial charge is 0.471 e. The number of aryl methyl sites for hydroxylation is 1. The summed E-state index contributed by atoms with van der Waals surface area (Å²) in [5.74, 6) is -1.61. The summed E-state index contributed by atoms with van der Waals surface area (Å²) >= 11 is 0. The highest BCUT2D eigenvalue weighted by Gasteiger charge is 2.42. The fraction of sp³-hybridized carbons (Fsp3) is 0.571. The Morgan fingerprint density at radius 1 is 1.17 bits per heavy atom. The minimum Gasteiger partial charge on any atom is -0.339 e. The summed E-state index contributed by atoms with van der Waals surface area (Å²) in [7, 11) is 0. The molecule has 0 unspecified atom stereocenters. The number of halogens is 3. The lowest BCUT2D eigenvalue weighted by Gasteiger charge is -2.23. The standard InChI is InChI=1S/C14H17F3N4O2/c1-9-11(10(2)22)8-18-13(19-9)21-5-3-4-20(6-7-21)12(23)14(15,16)17/h8H,3-7H2,1-2H3. The number of rotatable bonds is 2. The van der Waals surface area contributed by atoms with E-state index in [1.54, 1.807) is 11.8 Å². The van der Waals surface area contributed by atoms with Crippen molar-refractivity contribution >= 4 is 17.6 Å². The van der Waals surface area contributed by atoms with Crippen LogP contribution in [0.3, 0.4) is 0 Å². The zero-order chi connectivity index (χ0) is 17.2. The van der Waals surface area contributed by atoms with E-state index < -0.39 is 12.1 Å². The first-order valence-corrected chi connectivity index (χ1v) is 7.16. The summed E-state index contributed by atoms with van der Waals surface area (Å²) < 4.78 is 37.5. The Morgan fingerprint density at radius 2 is 1.87 bits per heavy atom. The first-order valence-electron chi connectivity index (χ1n) is 7.16. The van der Waals surface area contributed by atoms with Crippen LogP contribution in [0, 0.1) is 6.92 Å². The van der Waals surface area contributed by atoms with Crippen molar-refractivity contribution in [3.63, 3.8) is 0 Å². The molecule has 9 heteroatoms. The number of carbonyl (C=O) groups excluding carboxylic acids is 2. The average Bonchev–Trinajstić information content (AvgIpc) is 2.70. The second-order valence-corrected chi connectivity index (χ2v) is 5.36. The molecule has 1 aromatic rings. The molecule has 0 aliphatic carbocycles. The number of ketones is 1. The van der Waals surface area contributed by atoms with Crippen LogP contribution in [0.25, 0.3) is 0 Å². The van der Waals surface area contributed by atoms with E-state index in [9.17, 15) is 22.8 Å². The Hall–Kier alpha value is -2.19. The third-order valence-electron chi connectivity index (χ3n) is 3.65. The van der Waals surface area contributed by atoms with Gasteiger partial charge >= 0.3 is 12.1 Å². The number of anilines is 1. The van der Waals surface area contributed by atoms with Gasteiger partial charge in [0.1, 0.15) is 0 Å². The van der Waals surface area contributed by atoms with Gasteiger partial charge in [0.2, 0.25) is 5.95 Å². The number of nitrogens with zero attached hydrogens (tertiary/aromatic N) is 4. The lowest BCUT2D eigenvalue weighted by atomic mass is 10.2. The Morgan fingerprint density at radius 3 is 2.43 bits per heavy atom. The highest BCUT2D eigenvalue weighted by Crippen LogP contribution is 2.20. The molecule has 0 atom stereocenters. The van der Waals surface area contributed by atoms with Crippen LogP contribution in [0.1, 0.15) is 29.4 Å². The van der Waals surface area contributed by atoms with Gasteiger partial charge in [-0.2, -0.15) is 13.2 Å². The topological polar surface area (TPSA) is 66.4 Å². The molecule has 1 aliphatic rings. The van der Waals surface area contributed by atoms with Crippen LogP contribution in [0.4, 0.5) is 19.1 Å². The third-order valence-corrected chi connectivity index (χ3v) is 3.65. The van der Waals surface area contributed by atoms with E-state index in [4.69, 9.17) is 0 Å². The number of Topliss-reactive ketones (excluding diaryl/α,β-unsaturated/α-hetero) is 1. The van der Waals surface area contributed by atoms with E-state index in [-0.39, 0.29) is 25.4 Å². The second-order valence-electron chi connectivity index (χ2n) is 5.36. The van der Waals surface area contributed by atoms with Crippen molar-refractivity contribution in [2.45, 2.75) is 26.4 Å². The maximum Gasteiger partial charge on any atom is 0.471 e. The van der Waals surface area contributed by atoms with E-state index in [0.29, 0.717) is 30.2 Å². The zero-order valence-corrected chi connectivity index (χ0v) is 12.9.